The van der Waals surface area contributed by atoms with Gasteiger partial charge in [0.15, 0.2) is 17.9 Å². The smallest absolute Gasteiger partial charge is 0.188 e. The van der Waals surface area contributed by atoms with E-state index in [0.29, 0.717) is 11.6 Å². The zero-order valence-corrected chi connectivity index (χ0v) is 18.4. The normalized spacial score (nSPS) is 34.2. The van der Waals surface area contributed by atoms with Crippen LogP contribution >= 0.6 is 12.2 Å². The molecule has 3 aliphatic heterocycles. The molecule has 2 aromatic carbocycles. The molecule has 0 bridgehead atoms. The molecule has 30 heavy (non-hydrogen) atoms. The standard InChI is InChI=1S/C23H27NO5S/c1-22(2)25-12-16(27-22)18-17(19-21(26-18)29-23(3,4)28-19)20(30)24-15-11-7-9-13-8-5-6-10-14(13)15/h5-11,16-19,21H,12H2,1-4H3,(H,24,30)/t16-,17-,18-,19-,21-/m1/s1. The summed E-state index contributed by atoms with van der Waals surface area (Å²) in [6, 6.07) is 14.4. The molecule has 0 saturated carbocycles. The molecular formula is C23H27NO5S. The van der Waals surface area contributed by atoms with E-state index < -0.39 is 17.9 Å². The lowest BCUT2D eigenvalue weighted by molar-refractivity contribution is -0.223. The second-order valence-electron chi connectivity index (χ2n) is 8.98. The van der Waals surface area contributed by atoms with E-state index in [1.54, 1.807) is 0 Å². The van der Waals surface area contributed by atoms with E-state index in [-0.39, 0.29) is 24.2 Å². The topological polar surface area (TPSA) is 58.2 Å². The molecule has 1 N–H and O–H groups in total. The number of anilines is 1. The molecule has 0 unspecified atom stereocenters. The Morgan fingerprint density at radius 2 is 1.70 bits per heavy atom. The summed E-state index contributed by atoms with van der Waals surface area (Å²) in [6.07, 6.45) is -1.38. The van der Waals surface area contributed by atoms with Crippen LogP contribution in [0.15, 0.2) is 42.5 Å². The van der Waals surface area contributed by atoms with Crippen LogP contribution in [0.4, 0.5) is 5.69 Å². The highest BCUT2D eigenvalue weighted by Gasteiger charge is 2.59. The Bertz CT molecular complexity index is 972. The van der Waals surface area contributed by atoms with E-state index in [2.05, 4.69) is 23.5 Å². The molecule has 0 radical (unpaired) electrons. The Balaban J connectivity index is 1.44. The van der Waals surface area contributed by atoms with Crippen LogP contribution in [0.5, 0.6) is 0 Å². The monoisotopic (exact) mass is 429 g/mol. The fourth-order valence-corrected chi connectivity index (χ4v) is 4.96. The average Bonchev–Trinajstić information content (AvgIpc) is 3.30. The van der Waals surface area contributed by atoms with E-state index in [4.69, 9.17) is 35.9 Å². The van der Waals surface area contributed by atoms with Crippen LogP contribution in [0.2, 0.25) is 0 Å². The van der Waals surface area contributed by atoms with E-state index >= 15 is 0 Å². The SMILES string of the molecule is CC1(C)O[C@H]2O[C@H]([C@H]3COC(C)(C)O3)[C@@H](C(=S)Nc3cccc4ccccc34)[C@H]2O1. The van der Waals surface area contributed by atoms with Crippen LogP contribution in [0, 0.1) is 5.92 Å². The highest BCUT2D eigenvalue weighted by molar-refractivity contribution is 7.80. The van der Waals surface area contributed by atoms with Crippen molar-refractivity contribution in [2.45, 2.75) is 63.9 Å². The van der Waals surface area contributed by atoms with Crippen molar-refractivity contribution < 1.29 is 23.7 Å². The minimum absolute atomic E-state index is 0.228. The van der Waals surface area contributed by atoms with E-state index in [1.165, 1.54) is 0 Å². The molecule has 6 nitrogen and oxygen atoms in total. The van der Waals surface area contributed by atoms with E-state index in [0.717, 1.165) is 16.5 Å². The van der Waals surface area contributed by atoms with Gasteiger partial charge in [0, 0.05) is 11.1 Å². The third kappa shape index (κ3) is 3.64. The van der Waals surface area contributed by atoms with Crippen molar-refractivity contribution in [1.82, 2.24) is 0 Å². The van der Waals surface area contributed by atoms with Gasteiger partial charge in [-0.2, -0.15) is 0 Å². The molecule has 3 saturated heterocycles. The Morgan fingerprint density at radius 1 is 0.933 bits per heavy atom. The van der Waals surface area contributed by atoms with Gasteiger partial charge >= 0.3 is 0 Å². The van der Waals surface area contributed by atoms with Gasteiger partial charge in [-0.25, -0.2) is 0 Å². The van der Waals surface area contributed by atoms with Crippen molar-refractivity contribution in [3.8, 4) is 0 Å². The third-order valence-corrected chi connectivity index (χ3v) is 6.21. The van der Waals surface area contributed by atoms with Gasteiger partial charge in [-0.15, -0.1) is 0 Å². The van der Waals surface area contributed by atoms with Crippen LogP contribution in [-0.2, 0) is 23.7 Å². The molecule has 5 atom stereocenters. The largest absolute Gasteiger partial charge is 0.349 e. The minimum atomic E-state index is -0.722. The lowest BCUT2D eigenvalue weighted by Gasteiger charge is -2.29. The fourth-order valence-electron chi connectivity index (χ4n) is 4.58. The number of benzene rings is 2. The fraction of sp³-hybridized carbons (Fsp3) is 0.522. The summed E-state index contributed by atoms with van der Waals surface area (Å²) in [5.74, 6) is -1.60. The number of ether oxygens (including phenoxy) is 5. The van der Waals surface area contributed by atoms with Crippen molar-refractivity contribution in [2.24, 2.45) is 5.92 Å². The van der Waals surface area contributed by atoms with Crippen LogP contribution in [0.1, 0.15) is 27.7 Å². The highest BCUT2D eigenvalue weighted by Crippen LogP contribution is 2.44. The molecule has 2 aromatic rings. The van der Waals surface area contributed by atoms with Gasteiger partial charge in [-0.3, -0.25) is 0 Å². The Kier molecular flexibility index (Phi) is 4.89. The molecule has 3 aliphatic rings. The van der Waals surface area contributed by atoms with Gasteiger partial charge in [0.05, 0.1) is 17.5 Å². The molecule has 3 heterocycles. The first-order chi connectivity index (χ1) is 14.2. The Morgan fingerprint density at radius 3 is 2.47 bits per heavy atom. The molecule has 5 rings (SSSR count). The lowest BCUT2D eigenvalue weighted by Crippen LogP contribution is -2.44. The van der Waals surface area contributed by atoms with Crippen molar-refractivity contribution in [3.63, 3.8) is 0 Å². The lowest BCUT2D eigenvalue weighted by atomic mass is 9.94. The molecule has 0 aromatic heterocycles. The first kappa shape index (κ1) is 20.3. The van der Waals surface area contributed by atoms with Crippen molar-refractivity contribution >= 4 is 33.7 Å². The summed E-state index contributed by atoms with van der Waals surface area (Å²) in [6.45, 7) is 8.02. The zero-order valence-electron chi connectivity index (χ0n) is 17.6. The molecule has 0 amide bonds. The number of rotatable bonds is 3. The molecule has 160 valence electrons. The van der Waals surface area contributed by atoms with Crippen LogP contribution in [0.25, 0.3) is 10.8 Å². The van der Waals surface area contributed by atoms with Crippen LogP contribution in [-0.4, -0.2) is 47.8 Å². The van der Waals surface area contributed by atoms with Crippen molar-refractivity contribution in [2.75, 3.05) is 11.9 Å². The molecular weight excluding hydrogens is 402 g/mol. The summed E-state index contributed by atoms with van der Waals surface area (Å²) in [5.41, 5.74) is 0.961. The highest BCUT2D eigenvalue weighted by atomic mass is 32.1. The maximum Gasteiger partial charge on any atom is 0.188 e. The molecule has 0 spiro atoms. The van der Waals surface area contributed by atoms with Gasteiger partial charge in [0.25, 0.3) is 0 Å². The number of nitrogens with one attached hydrogen (secondary N) is 1. The molecule has 3 fully saturated rings. The minimum Gasteiger partial charge on any atom is -0.349 e. The number of thiocarbonyl (C=S) groups is 1. The predicted octanol–water partition coefficient (Wildman–Crippen LogP) is 4.22. The second-order valence-corrected chi connectivity index (χ2v) is 9.42. The van der Waals surface area contributed by atoms with Crippen LogP contribution in [0.3, 0.4) is 0 Å². The Labute approximate surface area is 181 Å². The Hall–Kier alpha value is -1.61. The van der Waals surface area contributed by atoms with Crippen molar-refractivity contribution in [1.29, 1.82) is 0 Å². The number of hydrogen-bond donors (Lipinski definition) is 1. The third-order valence-electron chi connectivity index (χ3n) is 5.83. The van der Waals surface area contributed by atoms with Gasteiger partial charge in [-0.05, 0) is 39.1 Å². The first-order valence-corrected chi connectivity index (χ1v) is 10.7. The summed E-state index contributed by atoms with van der Waals surface area (Å²) in [7, 11) is 0. The number of fused-ring (bicyclic) bond motifs is 2. The molecule has 7 heteroatoms. The predicted molar refractivity (Wildman–Crippen MR) is 117 cm³/mol. The summed E-state index contributed by atoms with van der Waals surface area (Å²) >= 11 is 5.90. The number of hydrogen-bond acceptors (Lipinski definition) is 6. The van der Waals surface area contributed by atoms with Gasteiger partial charge in [0.2, 0.25) is 0 Å². The van der Waals surface area contributed by atoms with Gasteiger partial charge in [-0.1, -0.05) is 48.6 Å². The second kappa shape index (κ2) is 7.22. The summed E-state index contributed by atoms with van der Waals surface area (Å²) in [5, 5.41) is 5.72. The van der Waals surface area contributed by atoms with Crippen molar-refractivity contribution in [3.05, 3.63) is 42.5 Å². The quantitative estimate of drug-likeness (QED) is 0.733. The molecule has 0 aliphatic carbocycles. The van der Waals surface area contributed by atoms with Gasteiger partial charge < -0.3 is 29.0 Å². The zero-order chi connectivity index (χ0) is 21.1. The van der Waals surface area contributed by atoms with Gasteiger partial charge in [0.1, 0.15) is 18.3 Å². The maximum absolute atomic E-state index is 6.28. The summed E-state index contributed by atoms with van der Waals surface area (Å²) < 4.78 is 30.4. The average molecular weight is 430 g/mol. The maximum atomic E-state index is 6.28. The van der Waals surface area contributed by atoms with E-state index in [1.807, 2.05) is 52.0 Å². The summed E-state index contributed by atoms with van der Waals surface area (Å²) in [4.78, 5) is 0.651. The first-order valence-electron chi connectivity index (χ1n) is 10.3. The van der Waals surface area contributed by atoms with Crippen LogP contribution < -0.4 is 5.32 Å². The van der Waals surface area contributed by atoms with E-state index in [9.17, 15) is 0 Å².